The van der Waals surface area contributed by atoms with Crippen molar-refractivity contribution in [1.82, 2.24) is 5.32 Å². The Hall–Kier alpha value is -0.860. The van der Waals surface area contributed by atoms with Gasteiger partial charge in [0.05, 0.1) is 6.10 Å². The standard InChI is InChI=1S/C17H25NO/c1-2-5-14(6-3-1)15(13-18-16-9-10-16)8-11-17-7-4-12-19-17/h1-3,5-6,15-18H,4,7-13H2. The van der Waals surface area contributed by atoms with Crippen LogP contribution < -0.4 is 5.32 Å². The summed E-state index contributed by atoms with van der Waals surface area (Å²) in [6.45, 7) is 2.10. The Morgan fingerprint density at radius 1 is 1.16 bits per heavy atom. The topological polar surface area (TPSA) is 21.3 Å². The van der Waals surface area contributed by atoms with E-state index < -0.39 is 0 Å². The third-order valence-corrected chi connectivity index (χ3v) is 4.36. The highest BCUT2D eigenvalue weighted by Gasteiger charge is 2.23. The normalized spacial score (nSPS) is 24.5. The fraction of sp³-hybridized carbons (Fsp3) is 0.647. The Labute approximate surface area is 116 Å². The fourth-order valence-corrected chi connectivity index (χ4v) is 2.97. The van der Waals surface area contributed by atoms with Gasteiger partial charge in [-0.15, -0.1) is 0 Å². The highest BCUT2D eigenvalue weighted by molar-refractivity contribution is 5.20. The Bertz CT molecular complexity index is 368. The van der Waals surface area contributed by atoms with Gasteiger partial charge in [-0.05, 0) is 50.0 Å². The fourth-order valence-electron chi connectivity index (χ4n) is 2.97. The number of ether oxygens (including phenoxy) is 1. The second kappa shape index (κ2) is 6.53. The van der Waals surface area contributed by atoms with Crippen LogP contribution in [0, 0.1) is 0 Å². The number of rotatable bonds is 7. The SMILES string of the molecule is c1ccc(C(CCC2CCCO2)CNC2CC2)cc1. The minimum Gasteiger partial charge on any atom is -0.378 e. The molecule has 2 heteroatoms. The summed E-state index contributed by atoms with van der Waals surface area (Å²) in [7, 11) is 0. The molecule has 1 aliphatic carbocycles. The Morgan fingerprint density at radius 2 is 2.00 bits per heavy atom. The minimum atomic E-state index is 0.520. The van der Waals surface area contributed by atoms with Crippen LogP contribution in [0.4, 0.5) is 0 Å². The maximum Gasteiger partial charge on any atom is 0.0576 e. The molecule has 2 aliphatic rings. The van der Waals surface area contributed by atoms with Crippen molar-refractivity contribution in [3.63, 3.8) is 0 Å². The molecule has 1 saturated carbocycles. The molecule has 0 amide bonds. The van der Waals surface area contributed by atoms with Crippen LogP contribution in [0.2, 0.25) is 0 Å². The van der Waals surface area contributed by atoms with E-state index in [1.807, 2.05) is 0 Å². The van der Waals surface area contributed by atoms with Crippen molar-refractivity contribution < 1.29 is 4.74 Å². The van der Waals surface area contributed by atoms with Gasteiger partial charge in [0.15, 0.2) is 0 Å². The number of nitrogens with one attached hydrogen (secondary N) is 1. The van der Waals surface area contributed by atoms with Gasteiger partial charge in [-0.2, -0.15) is 0 Å². The molecule has 19 heavy (non-hydrogen) atoms. The van der Waals surface area contributed by atoms with E-state index in [0.29, 0.717) is 12.0 Å². The smallest absolute Gasteiger partial charge is 0.0576 e. The zero-order chi connectivity index (χ0) is 12.9. The molecule has 2 unspecified atom stereocenters. The lowest BCUT2D eigenvalue weighted by molar-refractivity contribution is 0.101. The highest BCUT2D eigenvalue weighted by Crippen LogP contribution is 2.27. The van der Waals surface area contributed by atoms with Crippen molar-refractivity contribution in [2.75, 3.05) is 13.2 Å². The predicted octanol–water partition coefficient (Wildman–Crippen LogP) is 3.48. The molecule has 2 fully saturated rings. The first-order valence-electron chi connectivity index (χ1n) is 7.82. The van der Waals surface area contributed by atoms with E-state index in [4.69, 9.17) is 4.74 Å². The maximum atomic E-state index is 5.76. The van der Waals surface area contributed by atoms with Crippen LogP contribution in [0.25, 0.3) is 0 Å². The summed E-state index contributed by atoms with van der Waals surface area (Å²) < 4.78 is 5.76. The molecule has 1 aliphatic heterocycles. The van der Waals surface area contributed by atoms with Crippen molar-refractivity contribution in [1.29, 1.82) is 0 Å². The number of hydrogen-bond acceptors (Lipinski definition) is 2. The summed E-state index contributed by atoms with van der Waals surface area (Å²) in [5, 5.41) is 3.69. The monoisotopic (exact) mass is 259 g/mol. The van der Waals surface area contributed by atoms with Gasteiger partial charge in [0.2, 0.25) is 0 Å². The summed E-state index contributed by atoms with van der Waals surface area (Å²) in [4.78, 5) is 0. The van der Waals surface area contributed by atoms with Crippen LogP contribution in [0.15, 0.2) is 30.3 Å². The molecule has 1 aromatic rings. The van der Waals surface area contributed by atoms with Gasteiger partial charge in [-0.3, -0.25) is 0 Å². The van der Waals surface area contributed by atoms with Gasteiger partial charge >= 0.3 is 0 Å². The Kier molecular flexibility index (Phi) is 4.52. The van der Waals surface area contributed by atoms with E-state index in [1.165, 1.54) is 44.1 Å². The molecule has 3 rings (SSSR count). The second-order valence-corrected chi connectivity index (χ2v) is 6.00. The molecule has 2 nitrogen and oxygen atoms in total. The van der Waals surface area contributed by atoms with E-state index in [2.05, 4.69) is 35.6 Å². The molecule has 2 atom stereocenters. The lowest BCUT2D eigenvalue weighted by atomic mass is 9.92. The first-order valence-corrected chi connectivity index (χ1v) is 7.82. The van der Waals surface area contributed by atoms with E-state index in [1.54, 1.807) is 0 Å². The van der Waals surface area contributed by atoms with Crippen LogP contribution >= 0.6 is 0 Å². The summed E-state index contributed by atoms with van der Waals surface area (Å²) in [5.41, 5.74) is 1.48. The lowest BCUT2D eigenvalue weighted by Crippen LogP contribution is -2.24. The first-order chi connectivity index (χ1) is 9.42. The molecule has 0 bridgehead atoms. The van der Waals surface area contributed by atoms with Crippen LogP contribution in [0.1, 0.15) is 50.0 Å². The quantitative estimate of drug-likeness (QED) is 0.809. The van der Waals surface area contributed by atoms with Crippen molar-refractivity contribution in [3.05, 3.63) is 35.9 Å². The maximum absolute atomic E-state index is 5.76. The van der Waals surface area contributed by atoms with Crippen molar-refractivity contribution in [3.8, 4) is 0 Å². The zero-order valence-corrected chi connectivity index (χ0v) is 11.7. The molecule has 1 N–H and O–H groups in total. The van der Waals surface area contributed by atoms with E-state index >= 15 is 0 Å². The van der Waals surface area contributed by atoms with Crippen molar-refractivity contribution in [2.24, 2.45) is 0 Å². The molecule has 104 valence electrons. The minimum absolute atomic E-state index is 0.520. The van der Waals surface area contributed by atoms with Gasteiger partial charge in [0.25, 0.3) is 0 Å². The van der Waals surface area contributed by atoms with Crippen LogP contribution in [0.3, 0.4) is 0 Å². The van der Waals surface area contributed by atoms with Crippen molar-refractivity contribution >= 4 is 0 Å². The zero-order valence-electron chi connectivity index (χ0n) is 11.7. The van der Waals surface area contributed by atoms with E-state index in [0.717, 1.165) is 19.2 Å². The van der Waals surface area contributed by atoms with Crippen LogP contribution in [-0.4, -0.2) is 25.3 Å². The third kappa shape index (κ3) is 4.05. The van der Waals surface area contributed by atoms with Gasteiger partial charge in [0, 0.05) is 19.2 Å². The number of benzene rings is 1. The van der Waals surface area contributed by atoms with Gasteiger partial charge in [-0.25, -0.2) is 0 Å². The van der Waals surface area contributed by atoms with Crippen LogP contribution in [0.5, 0.6) is 0 Å². The van der Waals surface area contributed by atoms with Gasteiger partial charge < -0.3 is 10.1 Å². The lowest BCUT2D eigenvalue weighted by Gasteiger charge is -2.20. The van der Waals surface area contributed by atoms with Crippen molar-refractivity contribution in [2.45, 2.75) is 56.6 Å². The average molecular weight is 259 g/mol. The van der Waals surface area contributed by atoms with Crippen LogP contribution in [-0.2, 0) is 4.74 Å². The van der Waals surface area contributed by atoms with Gasteiger partial charge in [0.1, 0.15) is 0 Å². The first kappa shape index (κ1) is 13.1. The predicted molar refractivity (Wildman–Crippen MR) is 78.4 cm³/mol. The summed E-state index contributed by atoms with van der Waals surface area (Å²) in [6.07, 6.45) is 8.23. The molecule has 0 radical (unpaired) electrons. The Morgan fingerprint density at radius 3 is 2.68 bits per heavy atom. The molecule has 0 spiro atoms. The molecular weight excluding hydrogens is 234 g/mol. The highest BCUT2D eigenvalue weighted by atomic mass is 16.5. The second-order valence-electron chi connectivity index (χ2n) is 6.00. The molecule has 1 saturated heterocycles. The summed E-state index contributed by atoms with van der Waals surface area (Å²) in [6, 6.07) is 11.8. The Balaban J connectivity index is 1.54. The summed E-state index contributed by atoms with van der Waals surface area (Å²) >= 11 is 0. The number of hydrogen-bond donors (Lipinski definition) is 1. The third-order valence-electron chi connectivity index (χ3n) is 4.36. The summed E-state index contributed by atoms with van der Waals surface area (Å²) in [5.74, 6) is 0.644. The molecule has 1 heterocycles. The molecule has 1 aromatic carbocycles. The largest absolute Gasteiger partial charge is 0.378 e. The average Bonchev–Trinajstić information content (AvgIpc) is 3.14. The van der Waals surface area contributed by atoms with E-state index in [-0.39, 0.29) is 0 Å². The molecule has 0 aromatic heterocycles. The van der Waals surface area contributed by atoms with Gasteiger partial charge in [-0.1, -0.05) is 30.3 Å². The molecular formula is C17H25NO. The van der Waals surface area contributed by atoms with E-state index in [9.17, 15) is 0 Å².